The standard InChI is InChI=1S/C14H20N2/c1-4-11-6-5-7-13-12(8-9-15)10(2)16(3)14(11)13/h5-7H,4,8-9,15H2,1-3H3. The molecular formula is C14H20N2. The molecule has 0 saturated carbocycles. The van der Waals surface area contributed by atoms with Gasteiger partial charge in [0.25, 0.3) is 0 Å². The van der Waals surface area contributed by atoms with Crippen molar-refractivity contribution >= 4 is 10.9 Å². The fourth-order valence-corrected chi connectivity index (χ4v) is 2.54. The number of nitrogens with zero attached hydrogens (tertiary/aromatic N) is 1. The van der Waals surface area contributed by atoms with E-state index in [0.717, 1.165) is 19.4 Å². The summed E-state index contributed by atoms with van der Waals surface area (Å²) in [7, 11) is 2.15. The normalized spacial score (nSPS) is 11.2. The number of hydrogen-bond acceptors (Lipinski definition) is 1. The summed E-state index contributed by atoms with van der Waals surface area (Å²) in [5.41, 5.74) is 11.3. The Morgan fingerprint density at radius 2 is 2.06 bits per heavy atom. The van der Waals surface area contributed by atoms with E-state index in [1.165, 1.54) is 27.7 Å². The molecule has 2 nitrogen and oxygen atoms in total. The topological polar surface area (TPSA) is 30.9 Å². The van der Waals surface area contributed by atoms with Crippen LogP contribution in [0.1, 0.15) is 23.7 Å². The van der Waals surface area contributed by atoms with E-state index in [2.05, 4.69) is 43.7 Å². The molecule has 0 saturated heterocycles. The van der Waals surface area contributed by atoms with Crippen LogP contribution in [0.15, 0.2) is 18.2 Å². The van der Waals surface area contributed by atoms with Gasteiger partial charge in [0.15, 0.2) is 0 Å². The second-order valence-electron chi connectivity index (χ2n) is 4.33. The molecule has 2 heteroatoms. The second-order valence-corrected chi connectivity index (χ2v) is 4.33. The Hall–Kier alpha value is -1.28. The summed E-state index contributed by atoms with van der Waals surface area (Å²) in [5, 5.41) is 1.38. The average molecular weight is 216 g/mol. The molecule has 0 aliphatic rings. The lowest BCUT2D eigenvalue weighted by atomic mass is 10.0. The maximum absolute atomic E-state index is 5.69. The van der Waals surface area contributed by atoms with Gasteiger partial charge < -0.3 is 10.3 Å². The van der Waals surface area contributed by atoms with Crippen LogP contribution in [0.4, 0.5) is 0 Å². The van der Waals surface area contributed by atoms with Crippen LogP contribution in [0.3, 0.4) is 0 Å². The van der Waals surface area contributed by atoms with Crippen LogP contribution >= 0.6 is 0 Å². The summed E-state index contributed by atoms with van der Waals surface area (Å²) in [6.45, 7) is 5.11. The van der Waals surface area contributed by atoms with Crippen molar-refractivity contribution in [2.45, 2.75) is 26.7 Å². The largest absolute Gasteiger partial charge is 0.347 e. The minimum atomic E-state index is 0.719. The van der Waals surface area contributed by atoms with E-state index < -0.39 is 0 Å². The molecule has 0 radical (unpaired) electrons. The number of rotatable bonds is 3. The lowest BCUT2D eigenvalue weighted by Crippen LogP contribution is -2.03. The van der Waals surface area contributed by atoms with Crippen molar-refractivity contribution in [1.82, 2.24) is 4.57 Å². The molecule has 2 N–H and O–H groups in total. The Kier molecular flexibility index (Phi) is 3.01. The molecule has 1 heterocycles. The molecule has 0 bridgehead atoms. The van der Waals surface area contributed by atoms with Crippen molar-refractivity contribution in [3.8, 4) is 0 Å². The molecule has 0 spiro atoms. The smallest absolute Gasteiger partial charge is 0.0515 e. The predicted octanol–water partition coefficient (Wildman–Crippen LogP) is 2.55. The lowest BCUT2D eigenvalue weighted by Gasteiger charge is -2.03. The van der Waals surface area contributed by atoms with E-state index in [9.17, 15) is 0 Å². The molecule has 86 valence electrons. The summed E-state index contributed by atoms with van der Waals surface area (Å²) < 4.78 is 2.30. The van der Waals surface area contributed by atoms with E-state index in [4.69, 9.17) is 5.73 Å². The Balaban J connectivity index is 2.78. The highest BCUT2D eigenvalue weighted by molar-refractivity contribution is 5.88. The van der Waals surface area contributed by atoms with Crippen LogP contribution in [-0.4, -0.2) is 11.1 Å². The molecule has 1 aromatic carbocycles. The first-order valence-electron chi connectivity index (χ1n) is 5.96. The summed E-state index contributed by atoms with van der Waals surface area (Å²) in [5.74, 6) is 0. The van der Waals surface area contributed by atoms with Crippen LogP contribution in [-0.2, 0) is 19.9 Å². The second kappa shape index (κ2) is 4.30. The summed E-state index contributed by atoms with van der Waals surface area (Å²) >= 11 is 0. The lowest BCUT2D eigenvalue weighted by molar-refractivity contribution is 0.877. The molecule has 0 amide bonds. The van der Waals surface area contributed by atoms with E-state index in [1.807, 2.05) is 0 Å². The minimum absolute atomic E-state index is 0.719. The zero-order chi connectivity index (χ0) is 11.7. The van der Waals surface area contributed by atoms with Crippen molar-refractivity contribution < 1.29 is 0 Å². The van der Waals surface area contributed by atoms with Gasteiger partial charge in [0.05, 0.1) is 5.52 Å². The molecule has 0 fully saturated rings. The number of para-hydroxylation sites is 1. The third-order valence-corrected chi connectivity index (χ3v) is 3.50. The monoisotopic (exact) mass is 216 g/mol. The first-order chi connectivity index (χ1) is 7.70. The van der Waals surface area contributed by atoms with Gasteiger partial charge in [0.2, 0.25) is 0 Å². The Morgan fingerprint density at radius 3 is 2.69 bits per heavy atom. The Labute approximate surface area is 97.1 Å². The highest BCUT2D eigenvalue weighted by Gasteiger charge is 2.12. The van der Waals surface area contributed by atoms with Crippen molar-refractivity contribution in [2.24, 2.45) is 12.8 Å². The highest BCUT2D eigenvalue weighted by Crippen LogP contribution is 2.28. The van der Waals surface area contributed by atoms with Gasteiger partial charge in [-0.15, -0.1) is 0 Å². The summed E-state index contributed by atoms with van der Waals surface area (Å²) in [6, 6.07) is 6.58. The zero-order valence-electron chi connectivity index (χ0n) is 10.4. The van der Waals surface area contributed by atoms with Gasteiger partial charge in [-0.05, 0) is 37.4 Å². The van der Waals surface area contributed by atoms with Crippen molar-refractivity contribution in [1.29, 1.82) is 0 Å². The molecular weight excluding hydrogens is 196 g/mol. The van der Waals surface area contributed by atoms with Gasteiger partial charge in [-0.1, -0.05) is 25.1 Å². The minimum Gasteiger partial charge on any atom is -0.347 e. The van der Waals surface area contributed by atoms with E-state index in [0.29, 0.717) is 0 Å². The summed E-state index contributed by atoms with van der Waals surface area (Å²) in [4.78, 5) is 0. The maximum Gasteiger partial charge on any atom is 0.0515 e. The van der Waals surface area contributed by atoms with Gasteiger partial charge in [-0.25, -0.2) is 0 Å². The third-order valence-electron chi connectivity index (χ3n) is 3.50. The fourth-order valence-electron chi connectivity index (χ4n) is 2.54. The van der Waals surface area contributed by atoms with Crippen LogP contribution in [0, 0.1) is 6.92 Å². The van der Waals surface area contributed by atoms with E-state index in [-0.39, 0.29) is 0 Å². The maximum atomic E-state index is 5.69. The number of aryl methyl sites for hydroxylation is 2. The fraction of sp³-hybridized carbons (Fsp3) is 0.429. The van der Waals surface area contributed by atoms with Crippen LogP contribution < -0.4 is 5.73 Å². The molecule has 2 rings (SSSR count). The average Bonchev–Trinajstić information content (AvgIpc) is 2.55. The zero-order valence-corrected chi connectivity index (χ0v) is 10.4. The van der Waals surface area contributed by atoms with Gasteiger partial charge in [0.1, 0.15) is 0 Å². The number of aromatic nitrogens is 1. The van der Waals surface area contributed by atoms with Crippen molar-refractivity contribution in [3.05, 3.63) is 35.0 Å². The quantitative estimate of drug-likeness (QED) is 0.840. The van der Waals surface area contributed by atoms with Gasteiger partial charge in [-0.3, -0.25) is 0 Å². The summed E-state index contributed by atoms with van der Waals surface area (Å²) in [6.07, 6.45) is 2.05. The van der Waals surface area contributed by atoms with Crippen LogP contribution in [0.25, 0.3) is 10.9 Å². The molecule has 0 aliphatic carbocycles. The Morgan fingerprint density at radius 1 is 1.31 bits per heavy atom. The molecule has 2 aromatic rings. The molecule has 0 atom stereocenters. The third kappa shape index (κ3) is 1.54. The van der Waals surface area contributed by atoms with Gasteiger partial charge in [0, 0.05) is 18.1 Å². The molecule has 1 aromatic heterocycles. The van der Waals surface area contributed by atoms with Crippen molar-refractivity contribution in [2.75, 3.05) is 6.54 Å². The first-order valence-corrected chi connectivity index (χ1v) is 5.96. The molecule has 0 aliphatic heterocycles. The molecule has 0 unspecified atom stereocenters. The number of benzene rings is 1. The number of hydrogen-bond donors (Lipinski definition) is 1. The predicted molar refractivity (Wildman–Crippen MR) is 69.8 cm³/mol. The highest BCUT2D eigenvalue weighted by atomic mass is 14.9. The molecule has 16 heavy (non-hydrogen) atoms. The van der Waals surface area contributed by atoms with E-state index >= 15 is 0 Å². The van der Waals surface area contributed by atoms with Crippen molar-refractivity contribution in [3.63, 3.8) is 0 Å². The van der Waals surface area contributed by atoms with Crippen LogP contribution in [0.2, 0.25) is 0 Å². The van der Waals surface area contributed by atoms with Gasteiger partial charge in [-0.2, -0.15) is 0 Å². The van der Waals surface area contributed by atoms with Gasteiger partial charge >= 0.3 is 0 Å². The SMILES string of the molecule is CCc1cccc2c(CCN)c(C)n(C)c12. The first kappa shape index (κ1) is 11.2. The number of fused-ring (bicyclic) bond motifs is 1. The number of nitrogens with two attached hydrogens (primary N) is 1. The van der Waals surface area contributed by atoms with Crippen LogP contribution in [0.5, 0.6) is 0 Å². The Bertz CT molecular complexity index is 509. The van der Waals surface area contributed by atoms with E-state index in [1.54, 1.807) is 0 Å².